The number of nitrogens with zero attached hydrogens (tertiary/aromatic N) is 6. The van der Waals surface area contributed by atoms with Crippen LogP contribution < -0.4 is 20.4 Å². The highest BCUT2D eigenvalue weighted by Crippen LogP contribution is 2.50. The van der Waals surface area contributed by atoms with Crippen LogP contribution in [0.3, 0.4) is 0 Å². The standard InChI is InChI=1S/C52H64F4N10O7/c1-25(2)44(61-51(69)71-7)49(67)64-15-9-11-42(64)47-57-36-19-30(32(53)21-38(36)59-47)40-13-14-41(66(40)29-17-34(55)46(35(56)18-29)63-23-27(5)73-28(6)24-63)31-20-37-39(22-33(31)54)60-48(58-37)43-12-10-16-65(43)50(68)45(26(3)4)62-52(70)72-8/h17-22,25-28,40-45H,9-16,23-24H2,1-8H3,(H,57,59)(H,58,60)(H,61,69)(H,62,70)/t27-,28+,40?,41?,42-,43-,44-,45-/m0/s1. The maximum absolute atomic E-state index is 16.9. The van der Waals surface area contributed by atoms with Crippen LogP contribution in [0, 0.1) is 35.1 Å². The minimum atomic E-state index is -0.860. The van der Waals surface area contributed by atoms with E-state index in [1.807, 2.05) is 41.5 Å². The molecule has 0 bridgehead atoms. The number of H-pyrrole nitrogens is 2. The van der Waals surface area contributed by atoms with Gasteiger partial charge in [0, 0.05) is 49.1 Å². The molecular formula is C52H64F4N10O7. The number of carbonyl (C=O) groups excluding carboxylic acids is 4. The normalized spacial score (nSPS) is 23.3. The zero-order valence-corrected chi connectivity index (χ0v) is 42.4. The second kappa shape index (κ2) is 20.7. The fourth-order valence-corrected chi connectivity index (χ4v) is 11.5. The number of aromatic amines is 2. The molecule has 0 aliphatic carbocycles. The molecule has 0 saturated carbocycles. The third kappa shape index (κ3) is 9.95. The van der Waals surface area contributed by atoms with E-state index in [2.05, 4.69) is 20.6 Å². The molecule has 4 aliphatic rings. The summed E-state index contributed by atoms with van der Waals surface area (Å²) in [7, 11) is 2.45. The lowest BCUT2D eigenvalue weighted by Gasteiger charge is -2.38. The van der Waals surface area contributed by atoms with Crippen LogP contribution in [0.15, 0.2) is 36.4 Å². The minimum absolute atomic E-state index is 0.0772. The number of hydrogen-bond acceptors (Lipinski definition) is 11. The van der Waals surface area contributed by atoms with Gasteiger partial charge in [0.2, 0.25) is 11.8 Å². The lowest BCUT2D eigenvalue weighted by Crippen LogP contribution is -2.51. The van der Waals surface area contributed by atoms with Gasteiger partial charge in [0.15, 0.2) is 11.6 Å². The molecule has 9 rings (SSSR count). The van der Waals surface area contributed by atoms with Crippen molar-refractivity contribution in [2.45, 2.75) is 129 Å². The van der Waals surface area contributed by atoms with Crippen LogP contribution in [0.5, 0.6) is 0 Å². The molecule has 2 unspecified atom stereocenters. The molecule has 8 atom stereocenters. The first kappa shape index (κ1) is 51.3. The molecule has 0 spiro atoms. The van der Waals surface area contributed by atoms with E-state index >= 15 is 17.6 Å². The van der Waals surface area contributed by atoms with E-state index in [9.17, 15) is 19.2 Å². The Hall–Kier alpha value is -6.64. The second-order valence-corrected chi connectivity index (χ2v) is 20.6. The maximum atomic E-state index is 16.9. The van der Waals surface area contributed by atoms with E-state index in [-0.39, 0.29) is 84.3 Å². The van der Waals surface area contributed by atoms with Crippen molar-refractivity contribution in [2.75, 3.05) is 50.2 Å². The number of rotatable bonds is 12. The van der Waals surface area contributed by atoms with Gasteiger partial charge in [-0.05, 0) is 94.5 Å². The molecule has 4 N–H and O–H groups in total. The number of anilines is 2. The van der Waals surface area contributed by atoms with E-state index < -0.39 is 71.7 Å². The predicted molar refractivity (Wildman–Crippen MR) is 264 cm³/mol. The minimum Gasteiger partial charge on any atom is -0.453 e. The van der Waals surface area contributed by atoms with Crippen molar-refractivity contribution in [1.82, 2.24) is 40.4 Å². The van der Waals surface area contributed by atoms with Crippen molar-refractivity contribution in [2.24, 2.45) is 11.8 Å². The van der Waals surface area contributed by atoms with Gasteiger partial charge in [-0.3, -0.25) is 9.59 Å². The smallest absolute Gasteiger partial charge is 0.407 e. The molecule has 6 heterocycles. The van der Waals surface area contributed by atoms with Gasteiger partial charge in [0.05, 0.1) is 72.7 Å². The lowest BCUT2D eigenvalue weighted by atomic mass is 10.0. The molecule has 2 aromatic heterocycles. The highest BCUT2D eigenvalue weighted by Gasteiger charge is 2.43. The summed E-state index contributed by atoms with van der Waals surface area (Å²) in [5, 5.41) is 5.29. The molecule has 0 radical (unpaired) electrons. The first-order chi connectivity index (χ1) is 34.8. The summed E-state index contributed by atoms with van der Waals surface area (Å²) in [6.45, 7) is 12.3. The zero-order valence-electron chi connectivity index (χ0n) is 42.4. The molecular weight excluding hydrogens is 953 g/mol. The van der Waals surface area contributed by atoms with Crippen molar-refractivity contribution in [3.8, 4) is 0 Å². The number of hydrogen-bond donors (Lipinski definition) is 4. The molecule has 73 heavy (non-hydrogen) atoms. The van der Waals surface area contributed by atoms with Crippen molar-refractivity contribution in [3.63, 3.8) is 0 Å². The van der Waals surface area contributed by atoms with E-state index in [1.54, 1.807) is 31.7 Å². The van der Waals surface area contributed by atoms with Gasteiger partial charge in [-0.1, -0.05) is 27.7 Å². The van der Waals surface area contributed by atoms with Crippen molar-refractivity contribution in [1.29, 1.82) is 0 Å². The molecule has 17 nitrogen and oxygen atoms in total. The largest absolute Gasteiger partial charge is 0.453 e. The predicted octanol–water partition coefficient (Wildman–Crippen LogP) is 8.78. The average molecular weight is 1020 g/mol. The molecule has 4 fully saturated rings. The van der Waals surface area contributed by atoms with Crippen LogP contribution in [0.2, 0.25) is 0 Å². The van der Waals surface area contributed by atoms with Crippen LogP contribution in [0.4, 0.5) is 38.5 Å². The van der Waals surface area contributed by atoms with Gasteiger partial charge >= 0.3 is 12.2 Å². The summed E-state index contributed by atoms with van der Waals surface area (Å²) in [6, 6.07) is 3.84. The lowest BCUT2D eigenvalue weighted by molar-refractivity contribution is -0.136. The van der Waals surface area contributed by atoms with E-state index in [0.717, 1.165) is 0 Å². The van der Waals surface area contributed by atoms with Crippen molar-refractivity contribution >= 4 is 57.4 Å². The third-order valence-electron chi connectivity index (χ3n) is 14.9. The molecule has 4 aliphatic heterocycles. The molecule has 3 aromatic carbocycles. The number of halogens is 4. The fourth-order valence-electron chi connectivity index (χ4n) is 11.5. The molecule has 5 aromatic rings. The monoisotopic (exact) mass is 1020 g/mol. The molecule has 4 saturated heterocycles. The van der Waals surface area contributed by atoms with E-state index in [0.29, 0.717) is 72.5 Å². The van der Waals surface area contributed by atoms with Crippen LogP contribution in [0.25, 0.3) is 22.1 Å². The number of ether oxygens (including phenoxy) is 3. The number of alkyl carbamates (subject to hydrolysis) is 2. The summed E-state index contributed by atoms with van der Waals surface area (Å²) >= 11 is 0. The van der Waals surface area contributed by atoms with Gasteiger partial charge in [-0.2, -0.15) is 0 Å². The number of fused-ring (bicyclic) bond motifs is 2. The Morgan fingerprint density at radius 2 is 1.08 bits per heavy atom. The number of imidazole rings is 2. The van der Waals surface area contributed by atoms with Crippen LogP contribution >= 0.6 is 0 Å². The summed E-state index contributed by atoms with van der Waals surface area (Å²) in [5.74, 6) is -3.18. The first-order valence-corrected chi connectivity index (χ1v) is 25.2. The summed E-state index contributed by atoms with van der Waals surface area (Å²) in [6.07, 6.45) is 0.943. The number of morpholine rings is 1. The fraction of sp³-hybridized carbons (Fsp3) is 0.538. The van der Waals surface area contributed by atoms with Gasteiger partial charge in [-0.25, -0.2) is 37.1 Å². The Morgan fingerprint density at radius 1 is 0.630 bits per heavy atom. The number of methoxy groups -OCH3 is 2. The van der Waals surface area contributed by atoms with E-state index in [4.69, 9.17) is 24.2 Å². The Bertz CT molecular complexity index is 2730. The Morgan fingerprint density at radius 3 is 1.56 bits per heavy atom. The molecule has 392 valence electrons. The first-order valence-electron chi connectivity index (χ1n) is 25.2. The SMILES string of the molecule is COC(=O)N[C@H](C(=O)N1CCC[C@H]1c1nc2cc(C3CCC(c4cc5[nH]c([C@@H]6CCCN6C(=O)[C@@H](NC(=O)OC)C(C)C)nc5cc4F)N3c3cc(F)c(N4C[C@@H](C)O[C@@H](C)C4)c(F)c3)c(F)cc2[nH]1)C(C)C. The third-order valence-corrected chi connectivity index (χ3v) is 14.9. The maximum Gasteiger partial charge on any atom is 0.407 e. The van der Waals surface area contributed by atoms with E-state index in [1.165, 1.54) is 38.5 Å². The van der Waals surface area contributed by atoms with Crippen LogP contribution in [-0.4, -0.2) is 118 Å². The molecule has 21 heteroatoms. The number of benzene rings is 3. The number of carbonyl (C=O) groups is 4. The van der Waals surface area contributed by atoms with Crippen LogP contribution in [-0.2, 0) is 23.8 Å². The average Bonchev–Trinajstić information content (AvgIpc) is 4.20. The zero-order chi connectivity index (χ0) is 52.2. The topological polar surface area (TPSA) is 190 Å². The molecule has 4 amide bonds. The highest BCUT2D eigenvalue weighted by atomic mass is 19.1. The highest BCUT2D eigenvalue weighted by molar-refractivity contribution is 5.88. The summed E-state index contributed by atoms with van der Waals surface area (Å²) in [5.41, 5.74) is 1.74. The van der Waals surface area contributed by atoms with Gasteiger partial charge in [-0.15, -0.1) is 0 Å². The van der Waals surface area contributed by atoms with Crippen LogP contribution in [0.1, 0.15) is 127 Å². The Kier molecular flexibility index (Phi) is 14.5. The number of aromatic nitrogens is 4. The second-order valence-electron chi connectivity index (χ2n) is 20.6. The quantitative estimate of drug-likeness (QED) is 0.0875. The van der Waals surface area contributed by atoms with Gasteiger partial charge in [0.25, 0.3) is 0 Å². The number of amides is 4. The van der Waals surface area contributed by atoms with Crippen molar-refractivity contribution < 1.29 is 51.0 Å². The van der Waals surface area contributed by atoms with Crippen molar-refractivity contribution in [3.05, 3.63) is 82.4 Å². The van der Waals surface area contributed by atoms with Gasteiger partial charge < -0.3 is 54.4 Å². The summed E-state index contributed by atoms with van der Waals surface area (Å²) < 4.78 is 82.4. The number of nitrogens with one attached hydrogen (secondary N) is 4. The Balaban J connectivity index is 1.08. The Labute approximate surface area is 420 Å². The summed E-state index contributed by atoms with van der Waals surface area (Å²) in [4.78, 5) is 75.1. The van der Waals surface area contributed by atoms with Gasteiger partial charge in [0.1, 0.15) is 41.1 Å². The number of likely N-dealkylation sites (tertiary alicyclic amines) is 2.